The van der Waals surface area contributed by atoms with E-state index in [1.807, 2.05) is 0 Å². The van der Waals surface area contributed by atoms with Gasteiger partial charge in [-0.2, -0.15) is 0 Å². The molecule has 1 aromatic rings. The molecule has 1 heterocycles. The summed E-state index contributed by atoms with van der Waals surface area (Å²) in [7, 11) is 1.53. The Bertz CT molecular complexity index is 976. The second-order valence-corrected chi connectivity index (χ2v) is 9.65. The van der Waals surface area contributed by atoms with Crippen LogP contribution in [0, 0.1) is 41.4 Å². The molecule has 2 saturated carbocycles. The summed E-state index contributed by atoms with van der Waals surface area (Å²) in [6, 6.07) is 5.48. The van der Waals surface area contributed by atoms with E-state index in [4.69, 9.17) is 9.47 Å². The molecule has 1 saturated heterocycles. The standard InChI is InChI=1S/C25H27NO6/c1-12(2)22(25(30)32-11-19(27)13-4-6-14(31-3)7-5-13)26-23(28)20-15-8-9-16(18-10-17(15)18)21(20)24(26)29/h4-9,12,15-18,20-22H,10-11H2,1-3H3/t15-,16-,17-,18-,20-,21+,22+/m1/s1. The SMILES string of the molecule is COc1ccc(C(=O)COC(=O)[C@H](C(C)C)N2C(=O)[C@@H]3[C@@H]4C=C[C@H]([C@H]5C[C@H]45)[C@@H]3C2=O)cc1. The number of Topliss-reactive ketones (excluding diaryl/α,β-unsaturated/α-hetero) is 1. The molecule has 0 N–H and O–H groups in total. The lowest BCUT2D eigenvalue weighted by molar-refractivity contribution is -0.160. The van der Waals surface area contributed by atoms with Gasteiger partial charge >= 0.3 is 5.97 Å². The van der Waals surface area contributed by atoms with Crippen molar-refractivity contribution in [1.29, 1.82) is 0 Å². The Morgan fingerprint density at radius 1 is 1.00 bits per heavy atom. The van der Waals surface area contributed by atoms with Gasteiger partial charge in [0, 0.05) is 5.56 Å². The minimum Gasteiger partial charge on any atom is -0.497 e. The Hall–Kier alpha value is -2.96. The van der Waals surface area contributed by atoms with E-state index < -0.39 is 18.6 Å². The fourth-order valence-electron chi connectivity index (χ4n) is 6.01. The number of carbonyl (C=O) groups excluding carboxylic acids is 4. The van der Waals surface area contributed by atoms with Crippen molar-refractivity contribution in [3.05, 3.63) is 42.0 Å². The molecular formula is C25H27NO6. The summed E-state index contributed by atoms with van der Waals surface area (Å²) in [4.78, 5) is 53.3. The van der Waals surface area contributed by atoms with Crippen LogP contribution in [0.5, 0.6) is 5.75 Å². The maximum absolute atomic E-state index is 13.4. The number of ether oxygens (including phenoxy) is 2. The highest BCUT2D eigenvalue weighted by Crippen LogP contribution is 2.65. The van der Waals surface area contributed by atoms with Crippen molar-refractivity contribution in [2.24, 2.45) is 41.4 Å². The molecule has 2 bridgehead atoms. The molecule has 1 aliphatic heterocycles. The number of rotatable bonds is 7. The molecule has 7 nitrogen and oxygen atoms in total. The van der Waals surface area contributed by atoms with Gasteiger partial charge in [-0.05, 0) is 60.3 Å². The highest BCUT2D eigenvalue weighted by Gasteiger charge is 2.68. The van der Waals surface area contributed by atoms with Crippen LogP contribution in [-0.2, 0) is 19.1 Å². The molecule has 4 aliphatic carbocycles. The number of hydrogen-bond acceptors (Lipinski definition) is 6. The number of hydrogen-bond donors (Lipinski definition) is 0. The van der Waals surface area contributed by atoms with Crippen LogP contribution in [0.25, 0.3) is 0 Å². The molecule has 0 unspecified atom stereocenters. The third-order valence-corrected chi connectivity index (χ3v) is 7.61. The number of ketones is 1. The summed E-state index contributed by atoms with van der Waals surface area (Å²) in [5.41, 5.74) is 0.390. The van der Waals surface area contributed by atoms with E-state index in [0.29, 0.717) is 23.1 Å². The van der Waals surface area contributed by atoms with Gasteiger partial charge in [-0.25, -0.2) is 4.79 Å². The molecule has 32 heavy (non-hydrogen) atoms. The predicted octanol–water partition coefficient (Wildman–Crippen LogP) is 2.50. The molecule has 0 spiro atoms. The van der Waals surface area contributed by atoms with E-state index in [2.05, 4.69) is 12.2 Å². The quantitative estimate of drug-likeness (QED) is 0.282. The summed E-state index contributed by atoms with van der Waals surface area (Å²) in [5.74, 6) is -0.862. The van der Waals surface area contributed by atoms with Crippen LogP contribution in [0.15, 0.2) is 36.4 Å². The van der Waals surface area contributed by atoms with E-state index in [-0.39, 0.29) is 47.2 Å². The van der Waals surface area contributed by atoms with Gasteiger partial charge < -0.3 is 9.47 Å². The maximum atomic E-state index is 13.4. The van der Waals surface area contributed by atoms with E-state index >= 15 is 0 Å². The van der Waals surface area contributed by atoms with Crippen molar-refractivity contribution in [2.75, 3.05) is 13.7 Å². The fraction of sp³-hybridized carbons (Fsp3) is 0.520. The van der Waals surface area contributed by atoms with Gasteiger partial charge in [-0.15, -0.1) is 0 Å². The first-order valence-corrected chi connectivity index (χ1v) is 11.2. The number of likely N-dealkylation sites (tertiary alicyclic amines) is 1. The average Bonchev–Trinajstić information content (AvgIpc) is 3.58. The summed E-state index contributed by atoms with van der Waals surface area (Å²) in [6.07, 6.45) is 5.29. The van der Waals surface area contributed by atoms with Crippen LogP contribution in [0.3, 0.4) is 0 Å². The van der Waals surface area contributed by atoms with Crippen molar-refractivity contribution in [3.8, 4) is 5.75 Å². The molecule has 1 aromatic carbocycles. The molecule has 0 aromatic heterocycles. The van der Waals surface area contributed by atoms with E-state index in [1.165, 1.54) is 7.11 Å². The van der Waals surface area contributed by atoms with Gasteiger partial charge in [-0.3, -0.25) is 19.3 Å². The maximum Gasteiger partial charge on any atom is 0.330 e. The lowest BCUT2D eigenvalue weighted by Crippen LogP contribution is -2.49. The zero-order valence-electron chi connectivity index (χ0n) is 18.4. The van der Waals surface area contributed by atoms with Gasteiger partial charge in [0.2, 0.25) is 11.8 Å². The van der Waals surface area contributed by atoms with Crippen molar-refractivity contribution < 1.29 is 28.7 Å². The van der Waals surface area contributed by atoms with Crippen molar-refractivity contribution >= 4 is 23.6 Å². The summed E-state index contributed by atoms with van der Waals surface area (Å²) in [6.45, 7) is 3.11. The Kier molecular flexibility index (Phi) is 4.95. The fourth-order valence-corrected chi connectivity index (χ4v) is 6.01. The van der Waals surface area contributed by atoms with Gasteiger partial charge in [-0.1, -0.05) is 26.0 Å². The number of esters is 1. The van der Waals surface area contributed by atoms with Gasteiger partial charge in [0.15, 0.2) is 12.4 Å². The summed E-state index contributed by atoms with van der Waals surface area (Å²) >= 11 is 0. The van der Waals surface area contributed by atoms with Crippen LogP contribution in [0.1, 0.15) is 30.6 Å². The van der Waals surface area contributed by atoms with E-state index in [1.54, 1.807) is 38.1 Å². The van der Waals surface area contributed by atoms with Gasteiger partial charge in [0.25, 0.3) is 0 Å². The molecule has 6 rings (SSSR count). The smallest absolute Gasteiger partial charge is 0.330 e. The number of benzene rings is 1. The molecule has 5 aliphatic rings. The Morgan fingerprint density at radius 2 is 1.56 bits per heavy atom. The predicted molar refractivity (Wildman–Crippen MR) is 113 cm³/mol. The van der Waals surface area contributed by atoms with Crippen LogP contribution < -0.4 is 4.74 Å². The second kappa shape index (κ2) is 7.57. The zero-order chi connectivity index (χ0) is 22.7. The molecular weight excluding hydrogens is 410 g/mol. The third-order valence-electron chi connectivity index (χ3n) is 7.61. The first kappa shape index (κ1) is 20.9. The van der Waals surface area contributed by atoms with Crippen molar-refractivity contribution in [1.82, 2.24) is 4.90 Å². The molecule has 3 fully saturated rings. The van der Waals surface area contributed by atoms with Crippen LogP contribution >= 0.6 is 0 Å². The largest absolute Gasteiger partial charge is 0.497 e. The van der Waals surface area contributed by atoms with Crippen LogP contribution in [0.4, 0.5) is 0 Å². The minimum atomic E-state index is -1.03. The Balaban J connectivity index is 1.30. The topological polar surface area (TPSA) is 90.0 Å². The number of allylic oxidation sites excluding steroid dienone is 2. The molecule has 7 heteroatoms. The lowest BCUT2D eigenvalue weighted by Gasteiger charge is -2.37. The Labute approximate surface area is 186 Å². The number of carbonyl (C=O) groups is 4. The van der Waals surface area contributed by atoms with E-state index in [0.717, 1.165) is 11.3 Å². The summed E-state index contributed by atoms with van der Waals surface area (Å²) < 4.78 is 10.4. The number of imide groups is 1. The van der Waals surface area contributed by atoms with Crippen molar-refractivity contribution in [3.63, 3.8) is 0 Å². The second-order valence-electron chi connectivity index (χ2n) is 9.65. The van der Waals surface area contributed by atoms with Crippen LogP contribution in [-0.4, -0.2) is 48.2 Å². The highest BCUT2D eigenvalue weighted by molar-refractivity contribution is 6.09. The zero-order valence-corrected chi connectivity index (χ0v) is 18.4. The number of amides is 2. The number of nitrogens with zero attached hydrogens (tertiary/aromatic N) is 1. The average molecular weight is 437 g/mol. The normalized spacial score (nSPS) is 32.6. The number of methoxy groups -OCH3 is 1. The molecule has 168 valence electrons. The highest BCUT2D eigenvalue weighted by atomic mass is 16.5. The third kappa shape index (κ3) is 3.09. The molecule has 7 atom stereocenters. The summed E-state index contributed by atoms with van der Waals surface area (Å²) in [5, 5.41) is 0. The monoisotopic (exact) mass is 437 g/mol. The van der Waals surface area contributed by atoms with Gasteiger partial charge in [0.1, 0.15) is 11.8 Å². The minimum absolute atomic E-state index is 0.0944. The van der Waals surface area contributed by atoms with Crippen LogP contribution in [0.2, 0.25) is 0 Å². The molecule has 0 radical (unpaired) electrons. The van der Waals surface area contributed by atoms with E-state index in [9.17, 15) is 19.2 Å². The molecule has 2 amide bonds. The lowest BCUT2D eigenvalue weighted by atomic mass is 9.63. The Morgan fingerprint density at radius 3 is 2.06 bits per heavy atom. The first-order valence-electron chi connectivity index (χ1n) is 11.2. The first-order chi connectivity index (χ1) is 15.3. The van der Waals surface area contributed by atoms with Crippen molar-refractivity contribution in [2.45, 2.75) is 26.3 Å². The van der Waals surface area contributed by atoms with Gasteiger partial charge in [0.05, 0.1) is 18.9 Å².